The van der Waals surface area contributed by atoms with Crippen LogP contribution in [0.25, 0.3) is 11.1 Å². The number of fused-ring (bicyclic) bond motifs is 2. The summed E-state index contributed by atoms with van der Waals surface area (Å²) >= 11 is 0. The standard InChI is InChI=1S/C26H22O2/c1-26(2,3)23-16-18(20-9-5-7-11-22(20)25(23)28)13-12-17-14-15-24(27)21-10-6-4-8-19(17)21/h4-16H,1-3H3. The van der Waals surface area contributed by atoms with Crippen molar-refractivity contribution in [3.8, 4) is 0 Å². The van der Waals surface area contributed by atoms with Crippen LogP contribution in [-0.4, -0.2) is 11.6 Å². The summed E-state index contributed by atoms with van der Waals surface area (Å²) < 4.78 is 0. The molecule has 2 heteroatoms. The second kappa shape index (κ2) is 6.72. The molecule has 2 nitrogen and oxygen atoms in total. The maximum atomic E-state index is 13.0. The highest BCUT2D eigenvalue weighted by Crippen LogP contribution is 2.38. The molecule has 0 unspecified atom stereocenters. The van der Waals surface area contributed by atoms with Gasteiger partial charge in [-0.25, -0.2) is 0 Å². The Morgan fingerprint density at radius 2 is 1.21 bits per heavy atom. The zero-order valence-electron chi connectivity index (χ0n) is 16.3. The number of Topliss-reactive ketones (excluding diaryl/α,β-unsaturated/α-hetero) is 1. The number of benzene rings is 2. The van der Waals surface area contributed by atoms with Gasteiger partial charge in [-0.2, -0.15) is 0 Å². The van der Waals surface area contributed by atoms with Gasteiger partial charge in [0, 0.05) is 16.7 Å². The summed E-state index contributed by atoms with van der Waals surface area (Å²) in [4.78, 5) is 25.1. The zero-order valence-corrected chi connectivity index (χ0v) is 16.3. The summed E-state index contributed by atoms with van der Waals surface area (Å²) in [6.45, 7) is 6.19. The normalized spacial score (nSPS) is 18.9. The van der Waals surface area contributed by atoms with Crippen molar-refractivity contribution in [1.29, 1.82) is 0 Å². The lowest BCUT2D eigenvalue weighted by Gasteiger charge is -2.27. The molecule has 0 atom stereocenters. The predicted molar refractivity (Wildman–Crippen MR) is 114 cm³/mol. The fraction of sp³-hybridized carbons (Fsp3) is 0.154. The van der Waals surface area contributed by atoms with Crippen molar-refractivity contribution in [2.24, 2.45) is 5.41 Å². The molecule has 4 rings (SSSR count). The average molecular weight is 366 g/mol. The fourth-order valence-electron chi connectivity index (χ4n) is 3.69. The van der Waals surface area contributed by atoms with Gasteiger partial charge in [0.25, 0.3) is 0 Å². The van der Waals surface area contributed by atoms with E-state index in [0.29, 0.717) is 0 Å². The molecule has 138 valence electrons. The van der Waals surface area contributed by atoms with E-state index >= 15 is 0 Å². The third-order valence-corrected chi connectivity index (χ3v) is 5.20. The number of ketones is 2. The van der Waals surface area contributed by atoms with Gasteiger partial charge < -0.3 is 0 Å². The van der Waals surface area contributed by atoms with Crippen LogP contribution in [0.1, 0.15) is 52.6 Å². The van der Waals surface area contributed by atoms with E-state index in [1.54, 1.807) is 6.08 Å². The van der Waals surface area contributed by atoms with Crippen molar-refractivity contribution in [3.63, 3.8) is 0 Å². The minimum Gasteiger partial charge on any atom is -0.289 e. The SMILES string of the molecule is CC(C)(C)C1=CC(=CC=C2C=CC(=O)c3ccccc32)c2ccccc2C1=O. The number of carbonyl (C=O) groups is 2. The highest BCUT2D eigenvalue weighted by molar-refractivity contribution is 6.17. The molecule has 0 saturated heterocycles. The highest BCUT2D eigenvalue weighted by Gasteiger charge is 2.30. The van der Waals surface area contributed by atoms with E-state index in [1.807, 2.05) is 72.8 Å². The van der Waals surface area contributed by atoms with Crippen LogP contribution in [-0.2, 0) is 0 Å². The van der Waals surface area contributed by atoms with Gasteiger partial charge >= 0.3 is 0 Å². The maximum Gasteiger partial charge on any atom is 0.190 e. The van der Waals surface area contributed by atoms with E-state index in [2.05, 4.69) is 20.8 Å². The lowest BCUT2D eigenvalue weighted by Crippen LogP contribution is -2.22. The molecule has 0 heterocycles. The number of carbonyl (C=O) groups excluding carboxylic acids is 2. The Kier molecular flexibility index (Phi) is 4.35. The molecule has 0 radical (unpaired) electrons. The molecular formula is C26H22O2. The molecule has 0 bridgehead atoms. The summed E-state index contributed by atoms with van der Waals surface area (Å²) in [6.07, 6.45) is 9.55. The average Bonchev–Trinajstić information content (AvgIpc) is 2.68. The van der Waals surface area contributed by atoms with Gasteiger partial charge in [0.2, 0.25) is 0 Å². The van der Waals surface area contributed by atoms with Crippen molar-refractivity contribution in [1.82, 2.24) is 0 Å². The molecule has 2 aromatic rings. The largest absolute Gasteiger partial charge is 0.289 e. The van der Waals surface area contributed by atoms with Crippen LogP contribution in [0.4, 0.5) is 0 Å². The van der Waals surface area contributed by atoms with E-state index in [0.717, 1.165) is 39.0 Å². The molecule has 0 fully saturated rings. The predicted octanol–water partition coefficient (Wildman–Crippen LogP) is 6.07. The Morgan fingerprint density at radius 3 is 1.86 bits per heavy atom. The first-order valence-electron chi connectivity index (χ1n) is 9.46. The van der Waals surface area contributed by atoms with Crippen molar-refractivity contribution in [2.75, 3.05) is 0 Å². The number of hydrogen-bond acceptors (Lipinski definition) is 2. The van der Waals surface area contributed by atoms with Gasteiger partial charge in [-0.1, -0.05) is 87.5 Å². The first-order chi connectivity index (χ1) is 13.4. The van der Waals surface area contributed by atoms with Crippen molar-refractivity contribution in [2.45, 2.75) is 20.8 Å². The van der Waals surface area contributed by atoms with Crippen LogP contribution in [0, 0.1) is 5.41 Å². The Bertz CT molecular complexity index is 1120. The molecule has 0 aliphatic heterocycles. The molecule has 0 aromatic heterocycles. The minimum absolute atomic E-state index is 0.0314. The minimum atomic E-state index is -0.236. The van der Waals surface area contributed by atoms with Crippen LogP contribution in [0.5, 0.6) is 0 Å². The van der Waals surface area contributed by atoms with Crippen LogP contribution in [0.2, 0.25) is 0 Å². The first kappa shape index (κ1) is 18.1. The quantitative estimate of drug-likeness (QED) is 0.613. The zero-order chi connectivity index (χ0) is 19.9. The molecule has 0 spiro atoms. The van der Waals surface area contributed by atoms with Crippen LogP contribution in [0.15, 0.2) is 84.5 Å². The Hall–Kier alpha value is -3.26. The van der Waals surface area contributed by atoms with E-state index in [4.69, 9.17) is 0 Å². The monoisotopic (exact) mass is 366 g/mol. The summed E-state index contributed by atoms with van der Waals surface area (Å²) in [5, 5.41) is 0. The Balaban J connectivity index is 1.86. The summed E-state index contributed by atoms with van der Waals surface area (Å²) in [5.74, 6) is 0.130. The van der Waals surface area contributed by atoms with Gasteiger partial charge in [-0.3, -0.25) is 9.59 Å². The molecule has 28 heavy (non-hydrogen) atoms. The second-order valence-electron chi connectivity index (χ2n) is 8.17. The third-order valence-electron chi connectivity index (χ3n) is 5.20. The van der Waals surface area contributed by atoms with Gasteiger partial charge in [-0.15, -0.1) is 0 Å². The first-order valence-corrected chi connectivity index (χ1v) is 9.46. The second-order valence-corrected chi connectivity index (χ2v) is 8.17. The van der Waals surface area contributed by atoms with Crippen LogP contribution >= 0.6 is 0 Å². The van der Waals surface area contributed by atoms with E-state index in [1.165, 1.54) is 0 Å². The van der Waals surface area contributed by atoms with Gasteiger partial charge in [-0.05, 0) is 39.8 Å². The Morgan fingerprint density at radius 1 is 0.679 bits per heavy atom. The summed E-state index contributed by atoms with van der Waals surface area (Å²) in [5.41, 5.74) is 5.92. The summed E-state index contributed by atoms with van der Waals surface area (Å²) in [7, 11) is 0. The molecule has 0 saturated carbocycles. The van der Waals surface area contributed by atoms with E-state index in [9.17, 15) is 9.59 Å². The molecular weight excluding hydrogens is 344 g/mol. The van der Waals surface area contributed by atoms with Gasteiger partial charge in [0.1, 0.15) is 0 Å². The lowest BCUT2D eigenvalue weighted by atomic mass is 9.75. The number of allylic oxidation sites excluding steroid dienone is 8. The summed E-state index contributed by atoms with van der Waals surface area (Å²) in [6, 6.07) is 15.4. The van der Waals surface area contributed by atoms with Crippen molar-refractivity contribution < 1.29 is 9.59 Å². The molecule has 2 aliphatic rings. The fourth-order valence-corrected chi connectivity index (χ4v) is 3.69. The van der Waals surface area contributed by atoms with Crippen LogP contribution in [0.3, 0.4) is 0 Å². The van der Waals surface area contributed by atoms with Gasteiger partial charge in [0.15, 0.2) is 11.6 Å². The topological polar surface area (TPSA) is 34.1 Å². The highest BCUT2D eigenvalue weighted by atomic mass is 16.1. The third kappa shape index (κ3) is 3.11. The van der Waals surface area contributed by atoms with E-state index < -0.39 is 0 Å². The maximum absolute atomic E-state index is 13.0. The smallest absolute Gasteiger partial charge is 0.190 e. The van der Waals surface area contributed by atoms with Crippen molar-refractivity contribution >= 4 is 22.7 Å². The number of hydrogen-bond donors (Lipinski definition) is 0. The molecule has 0 N–H and O–H groups in total. The molecule has 2 aliphatic carbocycles. The molecule has 2 aromatic carbocycles. The van der Waals surface area contributed by atoms with Crippen molar-refractivity contribution in [3.05, 3.63) is 107 Å². The van der Waals surface area contributed by atoms with Crippen LogP contribution < -0.4 is 0 Å². The molecule has 0 amide bonds. The Labute approximate surface area is 165 Å². The number of rotatable bonds is 1. The lowest BCUT2D eigenvalue weighted by molar-refractivity contribution is 0.101. The van der Waals surface area contributed by atoms with E-state index in [-0.39, 0.29) is 17.0 Å². The van der Waals surface area contributed by atoms with Gasteiger partial charge in [0.05, 0.1) is 0 Å².